The van der Waals surface area contributed by atoms with Crippen LogP contribution in [0.3, 0.4) is 0 Å². The van der Waals surface area contributed by atoms with Gasteiger partial charge in [0.2, 0.25) is 11.8 Å². The molecule has 0 aromatic heterocycles. The molecular formula is C19H29N3O2. The highest BCUT2D eigenvalue weighted by Crippen LogP contribution is 2.18. The lowest BCUT2D eigenvalue weighted by molar-refractivity contribution is -0.125. The summed E-state index contributed by atoms with van der Waals surface area (Å²) in [7, 11) is 0. The Hall–Kier alpha value is -1.88. The summed E-state index contributed by atoms with van der Waals surface area (Å²) in [4.78, 5) is 26.4. The van der Waals surface area contributed by atoms with E-state index in [9.17, 15) is 9.59 Å². The number of benzene rings is 1. The molecule has 1 aliphatic heterocycles. The molecule has 2 rings (SSSR count). The second-order valence-electron chi connectivity index (χ2n) is 6.36. The number of amides is 2. The minimum Gasteiger partial charge on any atom is -0.346 e. The summed E-state index contributed by atoms with van der Waals surface area (Å²) in [6.45, 7) is 5.59. The van der Waals surface area contributed by atoms with Crippen LogP contribution < -0.4 is 10.6 Å². The summed E-state index contributed by atoms with van der Waals surface area (Å²) < 4.78 is 0. The van der Waals surface area contributed by atoms with Gasteiger partial charge in [-0.2, -0.15) is 0 Å². The smallest absolute Gasteiger partial charge is 0.243 e. The number of nitrogens with zero attached hydrogens (tertiary/aromatic N) is 1. The number of rotatable bonds is 7. The van der Waals surface area contributed by atoms with Gasteiger partial charge in [0.1, 0.15) is 0 Å². The minimum absolute atomic E-state index is 0.0154. The van der Waals surface area contributed by atoms with E-state index < -0.39 is 0 Å². The summed E-state index contributed by atoms with van der Waals surface area (Å²) in [5, 5.41) is 5.61. The fraction of sp³-hybridized carbons (Fsp3) is 0.579. The predicted molar refractivity (Wildman–Crippen MR) is 97.0 cm³/mol. The fourth-order valence-corrected chi connectivity index (χ4v) is 3.29. The molecule has 0 saturated carbocycles. The topological polar surface area (TPSA) is 61.4 Å². The van der Waals surface area contributed by atoms with E-state index in [4.69, 9.17) is 0 Å². The molecule has 1 heterocycles. The van der Waals surface area contributed by atoms with Gasteiger partial charge in [-0.05, 0) is 43.9 Å². The Balaban J connectivity index is 1.77. The molecule has 1 atom stereocenters. The standard InChI is InChI=1S/C19H29N3O2/c1-3-15-9-5-6-11-17(15)21-18(23)13-20-19(24)14-22-12-8-7-10-16(22)4-2/h5-6,9,11,16H,3-4,7-8,10,12-14H2,1-2H3,(H,20,24)(H,21,23). The molecule has 0 bridgehead atoms. The van der Waals surface area contributed by atoms with Crippen LogP contribution in [0.15, 0.2) is 24.3 Å². The van der Waals surface area contributed by atoms with Gasteiger partial charge in [0.15, 0.2) is 0 Å². The van der Waals surface area contributed by atoms with Crippen LogP contribution in [0.1, 0.15) is 45.1 Å². The van der Waals surface area contributed by atoms with Gasteiger partial charge in [-0.1, -0.05) is 38.5 Å². The molecule has 1 aliphatic rings. The second kappa shape index (κ2) is 9.42. The highest BCUT2D eigenvalue weighted by atomic mass is 16.2. The lowest BCUT2D eigenvalue weighted by Gasteiger charge is -2.34. The Morgan fingerprint density at radius 1 is 1.17 bits per heavy atom. The van der Waals surface area contributed by atoms with Crippen LogP contribution in [-0.4, -0.2) is 42.4 Å². The molecule has 5 nitrogen and oxygen atoms in total. The van der Waals surface area contributed by atoms with Crippen molar-refractivity contribution in [2.45, 2.75) is 52.0 Å². The van der Waals surface area contributed by atoms with Crippen LogP contribution in [0.4, 0.5) is 5.69 Å². The summed E-state index contributed by atoms with van der Waals surface area (Å²) >= 11 is 0. The average molecular weight is 331 g/mol. The van der Waals surface area contributed by atoms with Crippen LogP contribution in [0.25, 0.3) is 0 Å². The molecule has 1 saturated heterocycles. The Morgan fingerprint density at radius 2 is 1.96 bits per heavy atom. The third kappa shape index (κ3) is 5.34. The van der Waals surface area contributed by atoms with Crippen molar-refractivity contribution in [1.29, 1.82) is 0 Å². The predicted octanol–water partition coefficient (Wildman–Crippen LogP) is 2.57. The summed E-state index contributed by atoms with van der Waals surface area (Å²) in [5.74, 6) is -0.260. The van der Waals surface area contributed by atoms with Gasteiger partial charge in [-0.3, -0.25) is 14.5 Å². The molecule has 0 aliphatic carbocycles. The number of likely N-dealkylation sites (tertiary alicyclic amines) is 1. The first-order chi connectivity index (χ1) is 11.6. The molecule has 5 heteroatoms. The van der Waals surface area contributed by atoms with Crippen molar-refractivity contribution in [3.63, 3.8) is 0 Å². The van der Waals surface area contributed by atoms with Crippen molar-refractivity contribution in [2.24, 2.45) is 0 Å². The second-order valence-corrected chi connectivity index (χ2v) is 6.36. The summed E-state index contributed by atoms with van der Waals surface area (Å²) in [6, 6.07) is 8.23. The monoisotopic (exact) mass is 331 g/mol. The van der Waals surface area contributed by atoms with E-state index in [1.54, 1.807) is 0 Å². The van der Waals surface area contributed by atoms with Crippen LogP contribution in [0.2, 0.25) is 0 Å². The number of hydrogen-bond acceptors (Lipinski definition) is 3. The van der Waals surface area contributed by atoms with E-state index in [1.165, 1.54) is 6.42 Å². The third-order valence-electron chi connectivity index (χ3n) is 4.69. The van der Waals surface area contributed by atoms with E-state index in [2.05, 4.69) is 29.4 Å². The van der Waals surface area contributed by atoms with Crippen LogP contribution >= 0.6 is 0 Å². The average Bonchev–Trinajstić information content (AvgIpc) is 2.61. The van der Waals surface area contributed by atoms with Gasteiger partial charge >= 0.3 is 0 Å². The summed E-state index contributed by atoms with van der Waals surface area (Å²) in [6.07, 6.45) is 5.49. The van der Waals surface area contributed by atoms with Crippen molar-refractivity contribution in [3.8, 4) is 0 Å². The van der Waals surface area contributed by atoms with Crippen LogP contribution in [0.5, 0.6) is 0 Å². The lowest BCUT2D eigenvalue weighted by Crippen LogP contribution is -2.46. The lowest BCUT2D eigenvalue weighted by atomic mass is 10.0. The van der Waals surface area contributed by atoms with Crippen molar-refractivity contribution in [3.05, 3.63) is 29.8 Å². The fourth-order valence-electron chi connectivity index (χ4n) is 3.29. The zero-order valence-corrected chi connectivity index (χ0v) is 14.8. The minimum atomic E-state index is -0.185. The van der Waals surface area contributed by atoms with Crippen molar-refractivity contribution >= 4 is 17.5 Å². The SMILES string of the molecule is CCc1ccccc1NC(=O)CNC(=O)CN1CCCCC1CC. The van der Waals surface area contributed by atoms with Crippen LogP contribution in [-0.2, 0) is 16.0 Å². The highest BCUT2D eigenvalue weighted by Gasteiger charge is 2.22. The molecule has 1 aromatic carbocycles. The van der Waals surface area contributed by atoms with Gasteiger partial charge in [-0.15, -0.1) is 0 Å². The number of anilines is 1. The highest BCUT2D eigenvalue weighted by molar-refractivity contribution is 5.95. The van der Waals surface area contributed by atoms with E-state index in [1.807, 2.05) is 24.3 Å². The Kier molecular flexibility index (Phi) is 7.25. The summed E-state index contributed by atoms with van der Waals surface area (Å²) in [5.41, 5.74) is 1.91. The van der Waals surface area contributed by atoms with Gasteiger partial charge in [0.05, 0.1) is 13.1 Å². The van der Waals surface area contributed by atoms with Crippen molar-refractivity contribution in [1.82, 2.24) is 10.2 Å². The first kappa shape index (κ1) is 18.5. The van der Waals surface area contributed by atoms with Gasteiger partial charge in [0, 0.05) is 11.7 Å². The van der Waals surface area contributed by atoms with Crippen molar-refractivity contribution in [2.75, 3.05) is 25.0 Å². The number of para-hydroxylation sites is 1. The van der Waals surface area contributed by atoms with E-state index in [0.717, 1.165) is 43.5 Å². The number of hydrogen-bond donors (Lipinski definition) is 2. The Labute approximate surface area is 144 Å². The number of piperidine rings is 1. The molecule has 2 amide bonds. The van der Waals surface area contributed by atoms with E-state index in [-0.39, 0.29) is 18.4 Å². The molecular weight excluding hydrogens is 302 g/mol. The molecule has 132 valence electrons. The Bertz CT molecular complexity index is 559. The van der Waals surface area contributed by atoms with Crippen molar-refractivity contribution < 1.29 is 9.59 Å². The first-order valence-electron chi connectivity index (χ1n) is 9.02. The normalized spacial score (nSPS) is 18.2. The number of carbonyl (C=O) groups excluding carboxylic acids is 2. The van der Waals surface area contributed by atoms with E-state index >= 15 is 0 Å². The molecule has 0 spiro atoms. The van der Waals surface area contributed by atoms with Crippen LogP contribution in [0, 0.1) is 0 Å². The first-order valence-corrected chi connectivity index (χ1v) is 9.02. The van der Waals surface area contributed by atoms with E-state index in [0.29, 0.717) is 12.6 Å². The molecule has 24 heavy (non-hydrogen) atoms. The Morgan fingerprint density at radius 3 is 2.71 bits per heavy atom. The zero-order valence-electron chi connectivity index (χ0n) is 14.8. The molecule has 1 aromatic rings. The maximum atomic E-state index is 12.1. The molecule has 0 radical (unpaired) electrons. The van der Waals surface area contributed by atoms with Gasteiger partial charge < -0.3 is 10.6 Å². The molecule has 1 unspecified atom stereocenters. The maximum absolute atomic E-state index is 12.1. The van der Waals surface area contributed by atoms with Gasteiger partial charge in [-0.25, -0.2) is 0 Å². The maximum Gasteiger partial charge on any atom is 0.243 e. The zero-order chi connectivity index (χ0) is 17.4. The van der Waals surface area contributed by atoms with Gasteiger partial charge in [0.25, 0.3) is 0 Å². The number of nitrogens with one attached hydrogen (secondary N) is 2. The largest absolute Gasteiger partial charge is 0.346 e. The number of aryl methyl sites for hydroxylation is 1. The quantitative estimate of drug-likeness (QED) is 0.807. The molecule has 2 N–H and O–H groups in total. The third-order valence-corrected chi connectivity index (χ3v) is 4.69. The number of carbonyl (C=O) groups is 2. The molecule has 1 fully saturated rings.